The number of carbonyl (C=O) groups is 1. The molecule has 4 heteroatoms. The molecule has 0 unspecified atom stereocenters. The monoisotopic (exact) mass is 257 g/mol. The fraction of sp³-hybridized carbons (Fsp3) is 0.333. The van der Waals surface area contributed by atoms with Gasteiger partial charge in [0.1, 0.15) is 6.54 Å². The quantitative estimate of drug-likeness (QED) is 0.915. The zero-order valence-electron chi connectivity index (χ0n) is 11.6. The Morgan fingerprint density at radius 3 is 2.74 bits per heavy atom. The highest BCUT2D eigenvalue weighted by Crippen LogP contribution is 2.11. The third-order valence-electron chi connectivity index (χ3n) is 3.02. The maximum atomic E-state index is 12.0. The molecular weight excluding hydrogens is 238 g/mol. The normalized spacial score (nSPS) is 10.5. The predicted molar refractivity (Wildman–Crippen MR) is 76.2 cm³/mol. The highest BCUT2D eigenvalue weighted by Gasteiger charge is 2.07. The number of rotatable bonds is 4. The van der Waals surface area contributed by atoms with E-state index in [1.165, 1.54) is 5.56 Å². The van der Waals surface area contributed by atoms with E-state index < -0.39 is 0 Å². The molecule has 1 N–H and O–H groups in total. The molecule has 4 nitrogen and oxygen atoms in total. The third-order valence-corrected chi connectivity index (χ3v) is 3.02. The summed E-state index contributed by atoms with van der Waals surface area (Å²) in [5, 5.41) is 7.18. The summed E-state index contributed by atoms with van der Waals surface area (Å²) in [6.07, 6.45) is 0.959. The Morgan fingerprint density at radius 1 is 1.32 bits per heavy atom. The molecule has 1 heterocycles. The summed E-state index contributed by atoms with van der Waals surface area (Å²) >= 11 is 0. The maximum absolute atomic E-state index is 12.0. The highest BCUT2D eigenvalue weighted by atomic mass is 16.2. The second-order valence-corrected chi connectivity index (χ2v) is 4.69. The number of anilines is 1. The summed E-state index contributed by atoms with van der Waals surface area (Å²) in [4.78, 5) is 12.0. The van der Waals surface area contributed by atoms with Gasteiger partial charge < -0.3 is 5.32 Å². The first-order valence-electron chi connectivity index (χ1n) is 6.48. The van der Waals surface area contributed by atoms with Crippen molar-refractivity contribution in [3.05, 3.63) is 47.3 Å². The zero-order valence-corrected chi connectivity index (χ0v) is 11.6. The smallest absolute Gasteiger partial charge is 0.246 e. The lowest BCUT2D eigenvalue weighted by molar-refractivity contribution is -0.116. The highest BCUT2D eigenvalue weighted by molar-refractivity contribution is 5.90. The molecule has 2 rings (SSSR count). The second kappa shape index (κ2) is 5.69. The molecule has 0 atom stereocenters. The number of hydrogen-bond acceptors (Lipinski definition) is 2. The number of amides is 1. The molecule has 0 aliphatic carbocycles. The van der Waals surface area contributed by atoms with Crippen LogP contribution in [0.2, 0.25) is 0 Å². The lowest BCUT2D eigenvalue weighted by Gasteiger charge is -2.08. The van der Waals surface area contributed by atoms with E-state index in [4.69, 9.17) is 0 Å². The summed E-state index contributed by atoms with van der Waals surface area (Å²) in [5.41, 5.74) is 3.98. The van der Waals surface area contributed by atoms with E-state index in [0.717, 1.165) is 23.5 Å². The van der Waals surface area contributed by atoms with Crippen LogP contribution in [-0.4, -0.2) is 15.7 Å². The van der Waals surface area contributed by atoms with Crippen molar-refractivity contribution in [3.63, 3.8) is 0 Å². The van der Waals surface area contributed by atoms with Gasteiger partial charge in [-0.25, -0.2) is 0 Å². The van der Waals surface area contributed by atoms with Crippen LogP contribution in [0.15, 0.2) is 30.3 Å². The van der Waals surface area contributed by atoms with Crippen molar-refractivity contribution in [3.8, 4) is 0 Å². The van der Waals surface area contributed by atoms with Gasteiger partial charge in [0.25, 0.3) is 0 Å². The standard InChI is InChI=1S/C15H19N3O/c1-4-13-6-5-7-14(9-13)16-15(19)10-18-12(3)8-11(2)17-18/h5-9H,4,10H2,1-3H3,(H,16,19). The van der Waals surface area contributed by atoms with Gasteiger partial charge in [-0.3, -0.25) is 9.48 Å². The van der Waals surface area contributed by atoms with Gasteiger partial charge in [0.2, 0.25) is 5.91 Å². The minimum Gasteiger partial charge on any atom is -0.324 e. The lowest BCUT2D eigenvalue weighted by atomic mass is 10.1. The Balaban J connectivity index is 2.03. The average Bonchev–Trinajstić information content (AvgIpc) is 2.68. The van der Waals surface area contributed by atoms with Crippen LogP contribution in [0.4, 0.5) is 5.69 Å². The maximum Gasteiger partial charge on any atom is 0.246 e. The van der Waals surface area contributed by atoms with E-state index in [1.54, 1.807) is 4.68 Å². The fourth-order valence-corrected chi connectivity index (χ4v) is 2.04. The topological polar surface area (TPSA) is 46.9 Å². The summed E-state index contributed by atoms with van der Waals surface area (Å²) in [5.74, 6) is -0.0561. The van der Waals surface area contributed by atoms with Gasteiger partial charge in [-0.2, -0.15) is 5.10 Å². The van der Waals surface area contributed by atoms with Crippen molar-refractivity contribution < 1.29 is 4.79 Å². The first-order chi connectivity index (χ1) is 9.08. The van der Waals surface area contributed by atoms with Crippen molar-refractivity contribution in [2.75, 3.05) is 5.32 Å². The molecule has 2 aromatic rings. The molecule has 0 radical (unpaired) electrons. The van der Waals surface area contributed by atoms with Crippen molar-refractivity contribution in [2.45, 2.75) is 33.7 Å². The van der Waals surface area contributed by atoms with E-state index >= 15 is 0 Å². The van der Waals surface area contributed by atoms with Crippen molar-refractivity contribution in [2.24, 2.45) is 0 Å². The molecule has 100 valence electrons. The average molecular weight is 257 g/mol. The first-order valence-corrected chi connectivity index (χ1v) is 6.48. The van der Waals surface area contributed by atoms with Gasteiger partial charge in [0.05, 0.1) is 5.69 Å². The molecular formula is C15H19N3O. The van der Waals surface area contributed by atoms with Crippen LogP contribution in [0, 0.1) is 13.8 Å². The van der Waals surface area contributed by atoms with Gasteiger partial charge in [0, 0.05) is 11.4 Å². The fourth-order valence-electron chi connectivity index (χ4n) is 2.04. The van der Waals surface area contributed by atoms with Crippen LogP contribution < -0.4 is 5.32 Å². The molecule has 1 amide bonds. The van der Waals surface area contributed by atoms with Crippen LogP contribution in [0.3, 0.4) is 0 Å². The van der Waals surface area contributed by atoms with Crippen molar-refractivity contribution >= 4 is 11.6 Å². The molecule has 0 saturated carbocycles. The molecule has 1 aromatic carbocycles. The van der Waals surface area contributed by atoms with Crippen molar-refractivity contribution in [1.29, 1.82) is 0 Å². The van der Waals surface area contributed by atoms with Crippen LogP contribution in [0.25, 0.3) is 0 Å². The van der Waals surface area contributed by atoms with Crippen LogP contribution in [-0.2, 0) is 17.8 Å². The molecule has 0 bridgehead atoms. The Bertz CT molecular complexity index is 587. The minimum atomic E-state index is -0.0561. The van der Waals surface area contributed by atoms with E-state index in [0.29, 0.717) is 0 Å². The van der Waals surface area contributed by atoms with Gasteiger partial charge in [-0.15, -0.1) is 0 Å². The summed E-state index contributed by atoms with van der Waals surface area (Å²) in [6.45, 7) is 6.21. The summed E-state index contributed by atoms with van der Waals surface area (Å²) in [7, 11) is 0. The van der Waals surface area contributed by atoms with Crippen LogP contribution in [0.1, 0.15) is 23.9 Å². The zero-order chi connectivity index (χ0) is 13.8. The van der Waals surface area contributed by atoms with Gasteiger partial charge >= 0.3 is 0 Å². The molecule has 19 heavy (non-hydrogen) atoms. The van der Waals surface area contributed by atoms with Gasteiger partial charge in [0.15, 0.2) is 0 Å². The molecule has 0 saturated heterocycles. The number of nitrogens with one attached hydrogen (secondary N) is 1. The first kappa shape index (κ1) is 13.3. The Labute approximate surface area is 113 Å². The number of nitrogens with zero attached hydrogens (tertiary/aromatic N) is 2. The summed E-state index contributed by atoms with van der Waals surface area (Å²) in [6, 6.07) is 9.87. The molecule has 1 aromatic heterocycles. The van der Waals surface area contributed by atoms with E-state index in [2.05, 4.69) is 23.4 Å². The SMILES string of the molecule is CCc1cccc(NC(=O)Cn2nc(C)cc2C)c1. The number of hydrogen-bond donors (Lipinski definition) is 1. The lowest BCUT2D eigenvalue weighted by Crippen LogP contribution is -2.20. The minimum absolute atomic E-state index is 0.0561. The van der Waals surface area contributed by atoms with E-state index in [1.807, 2.05) is 38.1 Å². The Hall–Kier alpha value is -2.10. The Kier molecular flexibility index (Phi) is 4.00. The molecule has 0 aliphatic heterocycles. The third kappa shape index (κ3) is 3.44. The van der Waals surface area contributed by atoms with Gasteiger partial charge in [-0.1, -0.05) is 19.1 Å². The number of benzene rings is 1. The summed E-state index contributed by atoms with van der Waals surface area (Å²) < 4.78 is 1.72. The van der Waals surface area contributed by atoms with Crippen LogP contribution in [0.5, 0.6) is 0 Å². The Morgan fingerprint density at radius 2 is 2.11 bits per heavy atom. The molecule has 0 spiro atoms. The van der Waals surface area contributed by atoms with E-state index in [9.17, 15) is 4.79 Å². The number of carbonyl (C=O) groups excluding carboxylic acids is 1. The number of aryl methyl sites for hydroxylation is 3. The molecule has 0 aliphatic rings. The van der Waals surface area contributed by atoms with Crippen LogP contribution >= 0.6 is 0 Å². The number of aromatic nitrogens is 2. The van der Waals surface area contributed by atoms with Crippen molar-refractivity contribution in [1.82, 2.24) is 9.78 Å². The molecule has 0 fully saturated rings. The largest absolute Gasteiger partial charge is 0.324 e. The predicted octanol–water partition coefficient (Wildman–Crippen LogP) is 2.70. The van der Waals surface area contributed by atoms with Gasteiger partial charge in [-0.05, 0) is 44.0 Å². The second-order valence-electron chi connectivity index (χ2n) is 4.69. The van der Waals surface area contributed by atoms with E-state index in [-0.39, 0.29) is 12.5 Å².